The van der Waals surface area contributed by atoms with Crippen LogP contribution in [0.4, 0.5) is 4.39 Å². The Labute approximate surface area is 169 Å². The Balaban J connectivity index is 1.25. The molecule has 1 unspecified atom stereocenters. The van der Waals surface area contributed by atoms with Gasteiger partial charge in [-0.25, -0.2) is 4.39 Å². The number of piperidine rings is 1. The molecule has 1 saturated heterocycles. The second kappa shape index (κ2) is 7.37. The summed E-state index contributed by atoms with van der Waals surface area (Å²) < 4.78 is 33.3. The molecule has 5 rings (SSSR count). The molecule has 3 heterocycles. The average Bonchev–Trinajstić information content (AvgIpc) is 3.26. The second-order valence-electron chi connectivity index (χ2n) is 7.48. The molecule has 4 aromatic rings. The molecular formula is C21H20FN3O3S. The minimum absolute atomic E-state index is 0.157. The summed E-state index contributed by atoms with van der Waals surface area (Å²) in [6.07, 6.45) is 1.83. The first-order chi connectivity index (χ1) is 14.1. The van der Waals surface area contributed by atoms with Crippen molar-refractivity contribution >= 4 is 32.0 Å². The number of likely N-dealkylation sites (tertiary alicyclic amines) is 1. The Morgan fingerprint density at radius 3 is 2.72 bits per heavy atom. The third-order valence-electron chi connectivity index (χ3n) is 5.79. The van der Waals surface area contributed by atoms with Crippen molar-refractivity contribution in [1.29, 1.82) is 0 Å². The summed E-state index contributed by atoms with van der Waals surface area (Å²) in [5.41, 5.74) is 1.22. The number of aromatic nitrogens is 2. The van der Waals surface area contributed by atoms with E-state index in [0.29, 0.717) is 28.8 Å². The largest absolute Gasteiger partial charge is 0.570 e. The summed E-state index contributed by atoms with van der Waals surface area (Å²) in [5.74, 6) is -0.0595. The van der Waals surface area contributed by atoms with Crippen LogP contribution in [0, 0.1) is 5.82 Å². The summed E-state index contributed by atoms with van der Waals surface area (Å²) in [7, 11) is -1.41. The summed E-state index contributed by atoms with van der Waals surface area (Å²) >= 11 is 0. The first kappa shape index (κ1) is 18.5. The summed E-state index contributed by atoms with van der Waals surface area (Å²) in [5, 5.41) is 5.60. The van der Waals surface area contributed by atoms with Gasteiger partial charge in [0.1, 0.15) is 11.2 Å². The fourth-order valence-corrected chi connectivity index (χ4v) is 5.47. The molecule has 0 radical (unpaired) electrons. The van der Waals surface area contributed by atoms with Crippen molar-refractivity contribution in [2.75, 3.05) is 19.6 Å². The fourth-order valence-electron chi connectivity index (χ4n) is 4.20. The zero-order valence-corrected chi connectivity index (χ0v) is 16.5. The maximum atomic E-state index is 13.4. The minimum atomic E-state index is -1.41. The topological polar surface area (TPSA) is 74.3 Å². The zero-order chi connectivity index (χ0) is 20.0. The van der Waals surface area contributed by atoms with Gasteiger partial charge in [0.15, 0.2) is 5.58 Å². The Bertz CT molecular complexity index is 1240. The van der Waals surface area contributed by atoms with Gasteiger partial charge in [-0.2, -0.15) is 0 Å². The van der Waals surface area contributed by atoms with Gasteiger partial charge >= 0.3 is 5.56 Å². The zero-order valence-electron chi connectivity index (χ0n) is 15.7. The van der Waals surface area contributed by atoms with Gasteiger partial charge in [0.05, 0.1) is 12.2 Å². The van der Waals surface area contributed by atoms with Crippen molar-refractivity contribution in [2.24, 2.45) is 0 Å². The molecule has 0 bridgehead atoms. The van der Waals surface area contributed by atoms with E-state index in [4.69, 9.17) is 4.52 Å². The molecule has 8 heteroatoms. The van der Waals surface area contributed by atoms with E-state index in [1.54, 1.807) is 30.3 Å². The minimum Gasteiger partial charge on any atom is -0.570 e. The molecule has 1 fully saturated rings. The van der Waals surface area contributed by atoms with Crippen LogP contribution in [0.1, 0.15) is 24.5 Å². The van der Waals surface area contributed by atoms with Crippen LogP contribution in [0.2, 0.25) is 0 Å². The molecular weight excluding hydrogens is 393 g/mol. The highest BCUT2D eigenvalue weighted by atomic mass is 32.2. The van der Waals surface area contributed by atoms with E-state index in [0.717, 1.165) is 37.0 Å². The van der Waals surface area contributed by atoms with E-state index >= 15 is 0 Å². The number of hydrogen-bond acceptors (Lipinski definition) is 5. The van der Waals surface area contributed by atoms with Gasteiger partial charge in [-0.15, -0.1) is 3.96 Å². The van der Waals surface area contributed by atoms with Gasteiger partial charge < -0.3 is 14.0 Å². The molecule has 0 spiro atoms. The normalized spacial score (nSPS) is 16.8. The Morgan fingerprint density at radius 2 is 1.93 bits per heavy atom. The number of halogens is 1. The van der Waals surface area contributed by atoms with Gasteiger partial charge in [0.25, 0.3) is 0 Å². The molecule has 2 aromatic heterocycles. The van der Waals surface area contributed by atoms with Crippen LogP contribution in [0.15, 0.2) is 51.8 Å². The van der Waals surface area contributed by atoms with Gasteiger partial charge in [0, 0.05) is 40.9 Å². The lowest BCUT2D eigenvalue weighted by atomic mass is 9.91. The average molecular weight is 413 g/mol. The fraction of sp³-hybridized carbons (Fsp3) is 0.333. The van der Waals surface area contributed by atoms with Crippen molar-refractivity contribution in [3.63, 3.8) is 0 Å². The van der Waals surface area contributed by atoms with Crippen LogP contribution < -0.4 is 5.56 Å². The SMILES string of the molecule is O=c1c2ccccc2[s+]([O-])n1CCN1CCC(c2noc3cc(F)ccc23)CC1. The molecule has 0 saturated carbocycles. The van der Waals surface area contributed by atoms with E-state index in [-0.39, 0.29) is 17.3 Å². The van der Waals surface area contributed by atoms with E-state index in [1.165, 1.54) is 16.1 Å². The van der Waals surface area contributed by atoms with E-state index in [2.05, 4.69) is 10.1 Å². The molecule has 29 heavy (non-hydrogen) atoms. The predicted molar refractivity (Wildman–Crippen MR) is 109 cm³/mol. The summed E-state index contributed by atoms with van der Waals surface area (Å²) in [4.78, 5) is 14.8. The highest BCUT2D eigenvalue weighted by molar-refractivity contribution is 7.26. The first-order valence-electron chi connectivity index (χ1n) is 9.72. The summed E-state index contributed by atoms with van der Waals surface area (Å²) in [6.45, 7) is 2.85. The van der Waals surface area contributed by atoms with Crippen LogP contribution >= 0.6 is 10.9 Å². The Morgan fingerprint density at radius 1 is 1.14 bits per heavy atom. The first-order valence-corrected chi connectivity index (χ1v) is 10.8. The molecule has 0 aliphatic carbocycles. The molecule has 0 amide bonds. The molecule has 1 aliphatic heterocycles. The van der Waals surface area contributed by atoms with Crippen LogP contribution in [0.5, 0.6) is 0 Å². The number of rotatable bonds is 4. The quantitative estimate of drug-likeness (QED) is 0.475. The standard InChI is InChI=1S/C21H20FN3O3S/c22-15-5-6-16-18(13-15)28-23-20(16)14-7-9-24(10-8-14)11-12-25-21(26)17-3-1-2-4-19(17)29(25)27/h1-6,13-14H,7-12H2. The third kappa shape index (κ3) is 3.27. The molecule has 1 atom stereocenters. The van der Waals surface area contributed by atoms with Crippen LogP contribution in [0.25, 0.3) is 21.1 Å². The lowest BCUT2D eigenvalue weighted by Gasteiger charge is -2.30. The Kier molecular flexibility index (Phi) is 4.69. The van der Waals surface area contributed by atoms with Crippen molar-refractivity contribution < 1.29 is 13.5 Å². The van der Waals surface area contributed by atoms with E-state index in [1.807, 2.05) is 0 Å². The third-order valence-corrected chi connectivity index (χ3v) is 7.27. The van der Waals surface area contributed by atoms with Crippen LogP contribution in [-0.4, -0.2) is 38.2 Å². The van der Waals surface area contributed by atoms with Crippen molar-refractivity contribution in [3.8, 4) is 0 Å². The molecule has 1 aliphatic rings. The maximum Gasteiger partial charge on any atom is 0.304 e. The van der Waals surface area contributed by atoms with Gasteiger partial charge in [0.2, 0.25) is 4.70 Å². The van der Waals surface area contributed by atoms with Crippen molar-refractivity contribution in [1.82, 2.24) is 14.0 Å². The maximum absolute atomic E-state index is 13.4. The highest BCUT2D eigenvalue weighted by Gasteiger charge is 2.26. The number of nitrogens with zero attached hydrogens (tertiary/aromatic N) is 3. The van der Waals surface area contributed by atoms with Gasteiger partial charge in [-0.05, 0) is 44.1 Å². The van der Waals surface area contributed by atoms with Crippen LogP contribution in [-0.2, 0) is 6.54 Å². The lowest BCUT2D eigenvalue weighted by molar-refractivity contribution is 0.203. The smallest absolute Gasteiger partial charge is 0.304 e. The second-order valence-corrected chi connectivity index (χ2v) is 8.86. The van der Waals surface area contributed by atoms with Gasteiger partial charge in [-0.1, -0.05) is 17.3 Å². The highest BCUT2D eigenvalue weighted by Crippen LogP contribution is 2.33. The Hall–Kier alpha value is -2.55. The number of fused-ring (bicyclic) bond motifs is 2. The number of hydrogen-bond donors (Lipinski definition) is 0. The van der Waals surface area contributed by atoms with E-state index in [9.17, 15) is 13.7 Å². The van der Waals surface area contributed by atoms with Crippen LogP contribution in [0.3, 0.4) is 0 Å². The molecule has 6 nitrogen and oxygen atoms in total. The van der Waals surface area contributed by atoms with Gasteiger partial charge in [-0.3, -0.25) is 4.79 Å². The summed E-state index contributed by atoms with van der Waals surface area (Å²) in [6, 6.07) is 11.6. The molecule has 0 N–H and O–H groups in total. The van der Waals surface area contributed by atoms with Crippen molar-refractivity contribution in [2.45, 2.75) is 25.3 Å². The van der Waals surface area contributed by atoms with Crippen molar-refractivity contribution in [3.05, 3.63) is 64.3 Å². The molecule has 2 aromatic carbocycles. The predicted octanol–water partition coefficient (Wildman–Crippen LogP) is 3.89. The lowest BCUT2D eigenvalue weighted by Crippen LogP contribution is -2.36. The van der Waals surface area contributed by atoms with E-state index < -0.39 is 10.9 Å². The number of benzene rings is 2. The molecule has 150 valence electrons. The monoisotopic (exact) mass is 413 g/mol.